The fourth-order valence-corrected chi connectivity index (χ4v) is 3.22. The summed E-state index contributed by atoms with van der Waals surface area (Å²) in [5.41, 5.74) is 0.257. The number of esters is 1. The van der Waals surface area contributed by atoms with Crippen LogP contribution in [0, 0.1) is 25.2 Å². The Morgan fingerprint density at radius 2 is 1.97 bits per heavy atom. The third kappa shape index (κ3) is 6.84. The van der Waals surface area contributed by atoms with Gasteiger partial charge in [0.2, 0.25) is 0 Å². The number of nitrogens with one attached hydrogen (secondary N) is 1. The van der Waals surface area contributed by atoms with Crippen LogP contribution in [0.5, 0.6) is 0 Å². The van der Waals surface area contributed by atoms with Gasteiger partial charge in [-0.25, -0.2) is 4.79 Å². The van der Waals surface area contributed by atoms with Gasteiger partial charge in [-0.1, -0.05) is 11.6 Å². The lowest BCUT2D eigenvalue weighted by atomic mass is 10.1. The van der Waals surface area contributed by atoms with Crippen LogP contribution in [-0.2, 0) is 31.8 Å². The summed E-state index contributed by atoms with van der Waals surface area (Å²) in [6, 6.07) is 6.33. The minimum Gasteiger partial charge on any atom is -0.451 e. The fraction of sp³-hybridized carbons (Fsp3) is 0.318. The van der Waals surface area contributed by atoms with Crippen molar-refractivity contribution < 1.29 is 32.2 Å². The number of ether oxygens (including phenoxy) is 2. The average molecular weight is 484 g/mol. The fourth-order valence-electron chi connectivity index (χ4n) is 3.05. The Morgan fingerprint density at radius 1 is 1.27 bits per heavy atom. The van der Waals surface area contributed by atoms with Crippen LogP contribution in [0.4, 0.5) is 18.9 Å². The van der Waals surface area contributed by atoms with Crippen LogP contribution < -0.4 is 5.32 Å². The minimum absolute atomic E-state index is 0.155. The van der Waals surface area contributed by atoms with Gasteiger partial charge in [-0.15, -0.1) is 0 Å². The maximum atomic E-state index is 13.1. The van der Waals surface area contributed by atoms with E-state index in [1.807, 2.05) is 23.7 Å². The Bertz CT molecular complexity index is 1120. The van der Waals surface area contributed by atoms with Crippen LogP contribution in [0.2, 0.25) is 5.02 Å². The molecule has 0 aliphatic carbocycles. The zero-order valence-electron chi connectivity index (χ0n) is 18.0. The van der Waals surface area contributed by atoms with E-state index in [1.54, 1.807) is 19.2 Å². The molecule has 0 unspecified atom stereocenters. The first-order chi connectivity index (χ1) is 15.5. The zero-order chi connectivity index (χ0) is 24.8. The number of nitriles is 1. The number of hydrogen-bond acceptors (Lipinski definition) is 5. The number of rotatable bonds is 8. The van der Waals surface area contributed by atoms with E-state index >= 15 is 0 Å². The van der Waals surface area contributed by atoms with E-state index in [1.165, 1.54) is 12.1 Å². The number of amides is 1. The molecule has 1 amide bonds. The van der Waals surface area contributed by atoms with Gasteiger partial charge in [-0.2, -0.15) is 18.4 Å². The number of benzene rings is 1. The van der Waals surface area contributed by atoms with Gasteiger partial charge < -0.3 is 19.4 Å². The summed E-state index contributed by atoms with van der Waals surface area (Å²) >= 11 is 5.60. The smallest absolute Gasteiger partial charge is 0.418 e. The van der Waals surface area contributed by atoms with E-state index in [4.69, 9.17) is 21.1 Å². The van der Waals surface area contributed by atoms with Gasteiger partial charge >= 0.3 is 12.1 Å². The van der Waals surface area contributed by atoms with Gasteiger partial charge in [-0.3, -0.25) is 4.79 Å². The van der Waals surface area contributed by atoms with Crippen LogP contribution in [-0.4, -0.2) is 36.8 Å². The molecule has 0 radical (unpaired) electrons. The number of nitrogens with zero attached hydrogens (tertiary/aromatic N) is 2. The molecule has 1 aromatic carbocycles. The Labute approximate surface area is 193 Å². The number of halogens is 4. The summed E-state index contributed by atoms with van der Waals surface area (Å²) in [5, 5.41) is 11.2. The first-order valence-corrected chi connectivity index (χ1v) is 9.97. The lowest BCUT2D eigenvalue weighted by Crippen LogP contribution is -2.23. The molecule has 0 aliphatic heterocycles. The van der Waals surface area contributed by atoms with Crippen molar-refractivity contribution in [1.29, 1.82) is 5.26 Å². The van der Waals surface area contributed by atoms with Crippen LogP contribution in [0.15, 0.2) is 29.8 Å². The molecule has 1 heterocycles. The highest BCUT2D eigenvalue weighted by atomic mass is 35.5. The SMILES string of the molecule is COCCn1c(C)cc(/C=C(\C#N)C(=O)OCC(=O)Nc2ccc(Cl)cc2C(F)(F)F)c1C. The van der Waals surface area contributed by atoms with E-state index in [2.05, 4.69) is 0 Å². The van der Waals surface area contributed by atoms with Crippen molar-refractivity contribution in [3.05, 3.63) is 57.4 Å². The van der Waals surface area contributed by atoms with Gasteiger partial charge in [0.05, 0.1) is 17.9 Å². The van der Waals surface area contributed by atoms with Crippen molar-refractivity contribution in [2.75, 3.05) is 25.6 Å². The Kier molecular flexibility index (Phi) is 8.68. The molecule has 1 N–H and O–H groups in total. The molecule has 0 spiro atoms. The molecule has 0 aliphatic rings. The van der Waals surface area contributed by atoms with E-state index < -0.39 is 35.9 Å². The summed E-state index contributed by atoms with van der Waals surface area (Å²) in [6.45, 7) is 3.85. The number of carbonyl (C=O) groups excluding carboxylic acids is 2. The summed E-state index contributed by atoms with van der Waals surface area (Å²) in [4.78, 5) is 24.3. The summed E-state index contributed by atoms with van der Waals surface area (Å²) in [7, 11) is 1.58. The predicted molar refractivity (Wildman–Crippen MR) is 115 cm³/mol. The molecule has 0 saturated carbocycles. The Morgan fingerprint density at radius 3 is 2.58 bits per heavy atom. The normalized spacial score (nSPS) is 11.8. The maximum Gasteiger partial charge on any atom is 0.418 e. The molecule has 1 aromatic heterocycles. The largest absolute Gasteiger partial charge is 0.451 e. The van der Waals surface area contributed by atoms with E-state index in [-0.39, 0.29) is 10.6 Å². The van der Waals surface area contributed by atoms with Gasteiger partial charge in [-0.05, 0) is 49.8 Å². The summed E-state index contributed by atoms with van der Waals surface area (Å²) in [6.07, 6.45) is -3.43. The molecule has 2 rings (SSSR count). The Balaban J connectivity index is 2.10. The lowest BCUT2D eigenvalue weighted by molar-refractivity contribution is -0.143. The molecular formula is C22H21ClF3N3O4. The molecule has 11 heteroatoms. The number of hydrogen-bond donors (Lipinski definition) is 1. The first kappa shape index (κ1) is 26.0. The number of aryl methyl sites for hydroxylation is 1. The van der Waals surface area contributed by atoms with Crippen LogP contribution in [0.25, 0.3) is 6.08 Å². The van der Waals surface area contributed by atoms with Crippen LogP contribution >= 0.6 is 11.6 Å². The van der Waals surface area contributed by atoms with Crippen molar-refractivity contribution in [1.82, 2.24) is 4.57 Å². The van der Waals surface area contributed by atoms with E-state index in [0.29, 0.717) is 24.8 Å². The average Bonchev–Trinajstić information content (AvgIpc) is 3.01. The second kappa shape index (κ2) is 11.0. The molecule has 2 aromatic rings. The molecule has 33 heavy (non-hydrogen) atoms. The topological polar surface area (TPSA) is 93.3 Å². The standard InChI is InChI=1S/C22H21ClF3N3O4/c1-13-8-15(14(2)29(13)6-7-32-3)9-16(11-27)21(31)33-12-20(30)28-19-5-4-17(23)10-18(19)22(24,25)26/h4-5,8-10H,6-7,12H2,1-3H3,(H,28,30)/b16-9+. The number of aromatic nitrogens is 1. The highest BCUT2D eigenvalue weighted by molar-refractivity contribution is 6.30. The number of carbonyl (C=O) groups is 2. The van der Waals surface area contributed by atoms with Crippen molar-refractivity contribution >= 4 is 35.2 Å². The molecule has 0 atom stereocenters. The van der Waals surface area contributed by atoms with Gasteiger partial charge in [0, 0.05) is 30.1 Å². The van der Waals surface area contributed by atoms with Crippen molar-refractivity contribution in [3.63, 3.8) is 0 Å². The monoisotopic (exact) mass is 483 g/mol. The third-order valence-corrected chi connectivity index (χ3v) is 4.90. The maximum absolute atomic E-state index is 13.1. The zero-order valence-corrected chi connectivity index (χ0v) is 18.8. The number of anilines is 1. The van der Waals surface area contributed by atoms with E-state index in [0.717, 1.165) is 17.5 Å². The second-order valence-electron chi connectivity index (χ2n) is 6.95. The van der Waals surface area contributed by atoms with Crippen molar-refractivity contribution in [3.8, 4) is 6.07 Å². The molecule has 7 nitrogen and oxygen atoms in total. The van der Waals surface area contributed by atoms with Crippen molar-refractivity contribution in [2.45, 2.75) is 26.6 Å². The third-order valence-electron chi connectivity index (χ3n) is 4.67. The minimum atomic E-state index is -4.75. The highest BCUT2D eigenvalue weighted by Gasteiger charge is 2.34. The summed E-state index contributed by atoms with van der Waals surface area (Å²) < 4.78 is 51.2. The number of methoxy groups -OCH3 is 1. The van der Waals surface area contributed by atoms with Crippen molar-refractivity contribution in [2.24, 2.45) is 0 Å². The predicted octanol–water partition coefficient (Wildman–Crippen LogP) is 4.51. The van der Waals surface area contributed by atoms with E-state index in [9.17, 15) is 28.0 Å². The highest BCUT2D eigenvalue weighted by Crippen LogP contribution is 2.36. The Hall–Kier alpha value is -3.29. The summed E-state index contributed by atoms with van der Waals surface area (Å²) in [5.74, 6) is -2.09. The molecule has 0 saturated heterocycles. The molecule has 0 fully saturated rings. The number of alkyl halides is 3. The van der Waals surface area contributed by atoms with Gasteiger partial charge in [0.25, 0.3) is 5.91 Å². The molecular weight excluding hydrogens is 463 g/mol. The second-order valence-corrected chi connectivity index (χ2v) is 7.39. The lowest BCUT2D eigenvalue weighted by Gasteiger charge is -2.14. The van der Waals surface area contributed by atoms with Crippen LogP contribution in [0.1, 0.15) is 22.5 Å². The van der Waals surface area contributed by atoms with Gasteiger partial charge in [0.15, 0.2) is 6.61 Å². The van der Waals surface area contributed by atoms with Crippen LogP contribution in [0.3, 0.4) is 0 Å². The quantitative estimate of drug-likeness (QED) is 0.339. The van der Waals surface area contributed by atoms with Gasteiger partial charge in [0.1, 0.15) is 11.6 Å². The molecule has 176 valence electrons. The first-order valence-electron chi connectivity index (χ1n) is 9.59. The molecule has 0 bridgehead atoms.